The smallest absolute Gasteiger partial charge is 0.165 e. The van der Waals surface area contributed by atoms with E-state index in [4.69, 9.17) is 11.6 Å². The number of fused-ring (bicyclic) bond motifs is 1. The highest BCUT2D eigenvalue weighted by atomic mass is 35.5. The number of imidazole rings is 1. The molecule has 0 radical (unpaired) electrons. The molecule has 3 rings (SSSR count). The highest BCUT2D eigenvalue weighted by molar-refractivity contribution is 6.33. The van der Waals surface area contributed by atoms with E-state index < -0.39 is 0 Å². The van der Waals surface area contributed by atoms with Crippen LogP contribution in [0.15, 0.2) is 36.7 Å². The summed E-state index contributed by atoms with van der Waals surface area (Å²) in [6.45, 7) is 4.83. The van der Waals surface area contributed by atoms with Crippen molar-refractivity contribution in [3.63, 3.8) is 0 Å². The minimum atomic E-state index is 0.233. The van der Waals surface area contributed by atoms with Crippen molar-refractivity contribution >= 4 is 22.8 Å². The molecule has 3 aromatic rings. The molecule has 0 N–H and O–H groups in total. The first-order valence-electron chi connectivity index (χ1n) is 6.57. The average molecular weight is 287 g/mol. The fraction of sp³-hybridized carbons (Fsp3) is 0.267. The second-order valence-corrected chi connectivity index (χ2v) is 5.42. The van der Waals surface area contributed by atoms with Crippen molar-refractivity contribution in [2.75, 3.05) is 0 Å². The molecule has 2 aromatic heterocycles. The first kappa shape index (κ1) is 13.1. The van der Waals surface area contributed by atoms with Gasteiger partial charge in [0, 0.05) is 5.92 Å². The third-order valence-electron chi connectivity index (χ3n) is 3.15. The molecule has 0 bridgehead atoms. The molecule has 0 unspecified atom stereocenters. The van der Waals surface area contributed by atoms with Gasteiger partial charge in [-0.3, -0.25) is 0 Å². The fourth-order valence-electron chi connectivity index (χ4n) is 2.08. The molecule has 0 fully saturated rings. The van der Waals surface area contributed by atoms with E-state index in [2.05, 4.69) is 40.9 Å². The molecular formula is C15H15ClN4. The van der Waals surface area contributed by atoms with Crippen LogP contribution in [0.5, 0.6) is 0 Å². The van der Waals surface area contributed by atoms with E-state index in [1.165, 1.54) is 5.56 Å². The molecule has 2 heterocycles. The van der Waals surface area contributed by atoms with E-state index in [-0.39, 0.29) is 5.92 Å². The molecule has 0 amide bonds. The van der Waals surface area contributed by atoms with Gasteiger partial charge in [-0.1, -0.05) is 55.8 Å². The van der Waals surface area contributed by atoms with E-state index in [0.717, 1.165) is 18.0 Å². The van der Waals surface area contributed by atoms with Crippen molar-refractivity contribution in [3.8, 4) is 0 Å². The maximum Gasteiger partial charge on any atom is 0.165 e. The first-order chi connectivity index (χ1) is 9.65. The fourth-order valence-corrected chi connectivity index (χ4v) is 2.30. The lowest BCUT2D eigenvalue weighted by Crippen LogP contribution is -2.03. The minimum absolute atomic E-state index is 0.233. The second kappa shape index (κ2) is 5.21. The zero-order valence-electron chi connectivity index (χ0n) is 11.4. The van der Waals surface area contributed by atoms with Gasteiger partial charge in [0.25, 0.3) is 0 Å². The Bertz CT molecular complexity index is 734. The van der Waals surface area contributed by atoms with Crippen molar-refractivity contribution in [2.24, 2.45) is 0 Å². The molecule has 0 atom stereocenters. The van der Waals surface area contributed by atoms with Crippen LogP contribution in [0.4, 0.5) is 0 Å². The summed E-state index contributed by atoms with van der Waals surface area (Å²) in [6.07, 6.45) is 1.77. The van der Waals surface area contributed by atoms with Crippen LogP contribution in [-0.2, 0) is 6.54 Å². The lowest BCUT2D eigenvalue weighted by molar-refractivity contribution is 0.763. The Kier molecular flexibility index (Phi) is 3.40. The van der Waals surface area contributed by atoms with E-state index in [0.29, 0.717) is 10.7 Å². The third-order valence-corrected chi connectivity index (χ3v) is 3.41. The maximum atomic E-state index is 6.20. The SMILES string of the molecule is CC(C)c1nc(Cl)c2ncn(Cc3ccccc3)c2n1. The Morgan fingerprint density at radius 3 is 2.60 bits per heavy atom. The van der Waals surface area contributed by atoms with Crippen molar-refractivity contribution in [1.29, 1.82) is 0 Å². The molecular weight excluding hydrogens is 272 g/mol. The molecule has 0 spiro atoms. The van der Waals surface area contributed by atoms with Gasteiger partial charge in [0.15, 0.2) is 10.8 Å². The van der Waals surface area contributed by atoms with Crippen LogP contribution < -0.4 is 0 Å². The third kappa shape index (κ3) is 2.39. The van der Waals surface area contributed by atoms with Gasteiger partial charge < -0.3 is 4.57 Å². The molecule has 102 valence electrons. The molecule has 0 aliphatic heterocycles. The second-order valence-electron chi connectivity index (χ2n) is 5.06. The highest BCUT2D eigenvalue weighted by Gasteiger charge is 2.13. The van der Waals surface area contributed by atoms with Crippen LogP contribution in [0.1, 0.15) is 31.2 Å². The van der Waals surface area contributed by atoms with Crippen LogP contribution in [0.2, 0.25) is 5.15 Å². The van der Waals surface area contributed by atoms with Crippen molar-refractivity contribution in [2.45, 2.75) is 26.3 Å². The molecule has 4 nitrogen and oxygen atoms in total. The first-order valence-corrected chi connectivity index (χ1v) is 6.95. The standard InChI is InChI=1S/C15H15ClN4/c1-10(2)14-18-13(16)12-15(19-14)20(9-17-12)8-11-6-4-3-5-7-11/h3-7,9-10H,8H2,1-2H3. The lowest BCUT2D eigenvalue weighted by atomic mass is 10.2. The molecule has 5 heteroatoms. The van der Waals surface area contributed by atoms with Crippen LogP contribution in [0, 0.1) is 0 Å². The van der Waals surface area contributed by atoms with E-state index in [9.17, 15) is 0 Å². The topological polar surface area (TPSA) is 43.6 Å². The predicted molar refractivity (Wildman–Crippen MR) is 80.0 cm³/mol. The number of hydrogen-bond donors (Lipinski definition) is 0. The minimum Gasteiger partial charge on any atom is -0.311 e. The zero-order valence-corrected chi connectivity index (χ0v) is 12.2. The number of aromatic nitrogens is 4. The summed E-state index contributed by atoms with van der Waals surface area (Å²) in [4.78, 5) is 13.2. The summed E-state index contributed by atoms with van der Waals surface area (Å²) in [7, 11) is 0. The Morgan fingerprint density at radius 1 is 1.15 bits per heavy atom. The van der Waals surface area contributed by atoms with Crippen LogP contribution in [-0.4, -0.2) is 19.5 Å². The number of halogens is 1. The van der Waals surface area contributed by atoms with Crippen LogP contribution in [0.25, 0.3) is 11.2 Å². The summed E-state index contributed by atoms with van der Waals surface area (Å²) < 4.78 is 2.00. The van der Waals surface area contributed by atoms with Gasteiger partial charge in [-0.15, -0.1) is 0 Å². The molecule has 0 aliphatic carbocycles. The number of benzene rings is 1. The Morgan fingerprint density at radius 2 is 1.90 bits per heavy atom. The molecule has 0 aliphatic rings. The van der Waals surface area contributed by atoms with Gasteiger partial charge in [0.1, 0.15) is 11.3 Å². The normalized spacial score (nSPS) is 11.4. The Labute approximate surface area is 122 Å². The van der Waals surface area contributed by atoms with E-state index >= 15 is 0 Å². The van der Waals surface area contributed by atoms with Crippen LogP contribution >= 0.6 is 11.6 Å². The van der Waals surface area contributed by atoms with Gasteiger partial charge in [-0.05, 0) is 5.56 Å². The number of hydrogen-bond acceptors (Lipinski definition) is 3. The van der Waals surface area contributed by atoms with Crippen molar-refractivity contribution < 1.29 is 0 Å². The summed E-state index contributed by atoms with van der Waals surface area (Å²) in [5.41, 5.74) is 2.65. The number of rotatable bonds is 3. The Balaban J connectivity index is 2.08. The van der Waals surface area contributed by atoms with Gasteiger partial charge in [-0.25, -0.2) is 15.0 Å². The summed E-state index contributed by atoms with van der Waals surface area (Å²) in [5, 5.41) is 0.422. The molecule has 20 heavy (non-hydrogen) atoms. The monoisotopic (exact) mass is 286 g/mol. The van der Waals surface area contributed by atoms with Gasteiger partial charge in [-0.2, -0.15) is 0 Å². The van der Waals surface area contributed by atoms with Gasteiger partial charge >= 0.3 is 0 Å². The quantitative estimate of drug-likeness (QED) is 0.690. The van der Waals surface area contributed by atoms with Crippen molar-refractivity contribution in [1.82, 2.24) is 19.5 Å². The van der Waals surface area contributed by atoms with Gasteiger partial charge in [0.05, 0.1) is 12.9 Å². The Hall–Kier alpha value is -1.94. The molecule has 1 aromatic carbocycles. The molecule has 0 saturated heterocycles. The lowest BCUT2D eigenvalue weighted by Gasteiger charge is -2.07. The summed E-state index contributed by atoms with van der Waals surface area (Å²) in [5.74, 6) is 0.981. The largest absolute Gasteiger partial charge is 0.311 e. The summed E-state index contributed by atoms with van der Waals surface area (Å²) in [6, 6.07) is 10.2. The predicted octanol–water partition coefficient (Wildman–Crippen LogP) is 3.65. The highest BCUT2D eigenvalue weighted by Crippen LogP contribution is 2.22. The molecule has 0 saturated carbocycles. The van der Waals surface area contributed by atoms with Crippen LogP contribution in [0.3, 0.4) is 0 Å². The van der Waals surface area contributed by atoms with E-state index in [1.54, 1.807) is 6.33 Å². The zero-order chi connectivity index (χ0) is 14.1. The average Bonchev–Trinajstić information content (AvgIpc) is 2.84. The number of nitrogens with zero attached hydrogens (tertiary/aromatic N) is 4. The van der Waals surface area contributed by atoms with Crippen molar-refractivity contribution in [3.05, 3.63) is 53.2 Å². The summed E-state index contributed by atoms with van der Waals surface area (Å²) >= 11 is 6.20. The van der Waals surface area contributed by atoms with Gasteiger partial charge in [0.2, 0.25) is 0 Å². The maximum absolute atomic E-state index is 6.20. The van der Waals surface area contributed by atoms with E-state index in [1.807, 2.05) is 22.8 Å².